The quantitative estimate of drug-likeness (QED) is 0.253. The highest BCUT2D eigenvalue weighted by atomic mass is 32.1. The van der Waals surface area contributed by atoms with E-state index in [-0.39, 0.29) is 5.91 Å². The molecule has 4 aromatic heterocycles. The van der Waals surface area contributed by atoms with Crippen LogP contribution >= 0.6 is 11.3 Å². The van der Waals surface area contributed by atoms with Gasteiger partial charge in [0.15, 0.2) is 16.5 Å². The molecular formula is C27H28N6O4S. The van der Waals surface area contributed by atoms with Crippen LogP contribution in [0.4, 0.5) is 5.13 Å². The van der Waals surface area contributed by atoms with Gasteiger partial charge in [-0.05, 0) is 38.0 Å². The van der Waals surface area contributed by atoms with Gasteiger partial charge in [-0.3, -0.25) is 4.79 Å². The smallest absolute Gasteiger partial charge is 0.222 e. The lowest BCUT2D eigenvalue weighted by Crippen LogP contribution is -2.26. The number of likely N-dealkylation sites (tertiary alicyclic amines) is 1. The van der Waals surface area contributed by atoms with Gasteiger partial charge in [0, 0.05) is 43.6 Å². The van der Waals surface area contributed by atoms with Gasteiger partial charge < -0.3 is 24.1 Å². The lowest BCUT2D eigenvalue weighted by molar-refractivity contribution is -0.127. The van der Waals surface area contributed by atoms with Crippen molar-refractivity contribution < 1.29 is 18.7 Å². The first-order valence-electron chi connectivity index (χ1n) is 12.6. The molecule has 196 valence electrons. The Morgan fingerprint density at radius 3 is 2.97 bits per heavy atom. The number of thiazole rings is 1. The number of aromatic nitrogens is 4. The van der Waals surface area contributed by atoms with E-state index in [1.54, 1.807) is 23.0 Å². The number of nitrogens with one attached hydrogen (secondary N) is 1. The van der Waals surface area contributed by atoms with Crippen LogP contribution in [0.5, 0.6) is 11.5 Å². The zero-order chi connectivity index (χ0) is 26.1. The molecule has 1 aromatic carbocycles. The van der Waals surface area contributed by atoms with Gasteiger partial charge in [0.1, 0.15) is 29.4 Å². The van der Waals surface area contributed by atoms with Crippen LogP contribution in [0.1, 0.15) is 30.7 Å². The number of rotatable bonds is 10. The monoisotopic (exact) mass is 532 g/mol. The number of nitrogens with zero attached hydrogens (tertiary/aromatic N) is 5. The molecule has 0 spiro atoms. The normalized spacial score (nSPS) is 13.6. The van der Waals surface area contributed by atoms with Crippen molar-refractivity contribution in [3.05, 3.63) is 53.3 Å². The summed E-state index contributed by atoms with van der Waals surface area (Å²) in [6, 6.07) is 9.47. The van der Waals surface area contributed by atoms with Gasteiger partial charge in [-0.2, -0.15) is 5.10 Å². The minimum Gasteiger partial charge on any atom is -0.496 e. The van der Waals surface area contributed by atoms with Crippen LogP contribution in [0.2, 0.25) is 0 Å². The van der Waals surface area contributed by atoms with Crippen molar-refractivity contribution in [1.29, 1.82) is 0 Å². The van der Waals surface area contributed by atoms with Gasteiger partial charge >= 0.3 is 0 Å². The second-order valence-electron chi connectivity index (χ2n) is 9.25. The fraction of sp³-hybridized carbons (Fsp3) is 0.333. The Morgan fingerprint density at radius 1 is 1.21 bits per heavy atom. The van der Waals surface area contributed by atoms with Crippen molar-refractivity contribution in [2.45, 2.75) is 32.8 Å². The highest BCUT2D eigenvalue weighted by Crippen LogP contribution is 2.37. The Bertz CT molecular complexity index is 1610. The first kappa shape index (κ1) is 24.2. The summed E-state index contributed by atoms with van der Waals surface area (Å²) in [5, 5.41) is 11.5. The van der Waals surface area contributed by atoms with E-state index in [9.17, 15) is 4.79 Å². The van der Waals surface area contributed by atoms with E-state index in [1.165, 1.54) is 0 Å². The molecule has 38 heavy (non-hydrogen) atoms. The number of carbonyl (C=O) groups is 1. The number of ether oxygens (including phenoxy) is 2. The standard InChI is InChI=1S/C27H28N6O4S/c1-17-6-7-25-30-21(14-33(25)31-17)24-13-20-22(11-19(35-2)12-23(20)37-24)36-15-18-16-38-27(29-18)28-8-4-10-32-9-3-5-26(32)34/h6-7,11-14,16H,3-5,8-10,15H2,1-2H3,(H,28,29). The van der Waals surface area contributed by atoms with Crippen molar-refractivity contribution in [3.8, 4) is 23.0 Å². The second kappa shape index (κ2) is 10.3. The highest BCUT2D eigenvalue weighted by Gasteiger charge is 2.19. The summed E-state index contributed by atoms with van der Waals surface area (Å²) in [4.78, 5) is 23.0. The Balaban J connectivity index is 1.14. The van der Waals surface area contributed by atoms with E-state index in [0.717, 1.165) is 60.0 Å². The number of benzene rings is 1. The number of imidazole rings is 1. The largest absolute Gasteiger partial charge is 0.496 e. The summed E-state index contributed by atoms with van der Waals surface area (Å²) < 4.78 is 19.5. The summed E-state index contributed by atoms with van der Waals surface area (Å²) in [5.41, 5.74) is 3.82. The maximum atomic E-state index is 11.7. The highest BCUT2D eigenvalue weighted by molar-refractivity contribution is 7.13. The molecule has 5 aromatic rings. The number of fused-ring (bicyclic) bond motifs is 2. The summed E-state index contributed by atoms with van der Waals surface area (Å²) in [6.07, 6.45) is 4.40. The van der Waals surface area contributed by atoms with E-state index in [1.807, 2.05) is 53.7 Å². The lowest BCUT2D eigenvalue weighted by atomic mass is 10.2. The number of hydrogen-bond acceptors (Lipinski definition) is 9. The summed E-state index contributed by atoms with van der Waals surface area (Å²) in [7, 11) is 1.61. The van der Waals surface area contributed by atoms with Crippen LogP contribution in [-0.4, -0.2) is 57.1 Å². The van der Waals surface area contributed by atoms with Crippen molar-refractivity contribution in [2.24, 2.45) is 0 Å². The number of hydrogen-bond donors (Lipinski definition) is 1. The first-order chi connectivity index (χ1) is 18.6. The molecule has 6 rings (SSSR count). The number of aryl methyl sites for hydroxylation is 1. The average Bonchev–Trinajstić information content (AvgIpc) is 3.71. The van der Waals surface area contributed by atoms with Crippen LogP contribution < -0.4 is 14.8 Å². The third-order valence-corrected chi connectivity index (χ3v) is 7.34. The van der Waals surface area contributed by atoms with Crippen LogP contribution in [-0.2, 0) is 11.4 Å². The summed E-state index contributed by atoms with van der Waals surface area (Å²) in [6.45, 7) is 4.68. The fourth-order valence-corrected chi connectivity index (χ4v) is 5.28. The van der Waals surface area contributed by atoms with Gasteiger partial charge in [0.05, 0.1) is 30.1 Å². The Labute approximate surface area is 223 Å². The molecule has 1 aliphatic heterocycles. The Kier molecular flexibility index (Phi) is 6.59. The molecule has 0 saturated carbocycles. The number of methoxy groups -OCH3 is 1. The van der Waals surface area contributed by atoms with Crippen molar-refractivity contribution in [2.75, 3.05) is 32.1 Å². The van der Waals surface area contributed by atoms with Crippen LogP contribution in [0, 0.1) is 6.92 Å². The molecule has 1 fully saturated rings. The minimum absolute atomic E-state index is 0.264. The van der Waals surface area contributed by atoms with Crippen LogP contribution in [0.25, 0.3) is 28.1 Å². The van der Waals surface area contributed by atoms with Gasteiger partial charge in [-0.25, -0.2) is 14.5 Å². The molecule has 1 aliphatic rings. The molecule has 0 unspecified atom stereocenters. The van der Waals surface area contributed by atoms with Crippen molar-refractivity contribution >= 4 is 39.0 Å². The SMILES string of the molecule is COc1cc(OCc2csc(NCCCN3CCCC3=O)n2)c2cc(-c3cn4nc(C)ccc4n3)oc2c1. The Morgan fingerprint density at radius 2 is 2.13 bits per heavy atom. The predicted molar refractivity (Wildman–Crippen MR) is 145 cm³/mol. The number of furan rings is 1. The molecule has 1 saturated heterocycles. The van der Waals surface area contributed by atoms with E-state index >= 15 is 0 Å². The first-order valence-corrected chi connectivity index (χ1v) is 13.5. The molecule has 1 N–H and O–H groups in total. The topological polar surface area (TPSA) is 107 Å². The summed E-state index contributed by atoms with van der Waals surface area (Å²) >= 11 is 1.54. The van der Waals surface area contributed by atoms with Crippen LogP contribution in [0.15, 0.2) is 46.3 Å². The third-order valence-electron chi connectivity index (χ3n) is 6.49. The average molecular weight is 533 g/mol. The number of anilines is 1. The number of carbonyl (C=O) groups excluding carboxylic acids is 1. The van der Waals surface area contributed by atoms with E-state index < -0.39 is 0 Å². The molecule has 1 amide bonds. The summed E-state index contributed by atoms with van der Waals surface area (Å²) in [5.74, 6) is 2.17. The molecule has 0 aliphatic carbocycles. The van der Waals surface area contributed by atoms with E-state index in [4.69, 9.17) is 13.9 Å². The molecule has 11 heteroatoms. The third kappa shape index (κ3) is 5.01. The number of amides is 1. The van der Waals surface area contributed by atoms with E-state index in [2.05, 4.69) is 20.4 Å². The molecular weight excluding hydrogens is 504 g/mol. The van der Waals surface area contributed by atoms with Gasteiger partial charge in [0.2, 0.25) is 5.91 Å². The zero-order valence-electron chi connectivity index (χ0n) is 21.3. The molecule has 0 atom stereocenters. The Hall–Kier alpha value is -4.12. The molecule has 0 radical (unpaired) electrons. The van der Waals surface area contributed by atoms with Crippen molar-refractivity contribution in [3.63, 3.8) is 0 Å². The molecule has 10 nitrogen and oxygen atoms in total. The van der Waals surface area contributed by atoms with Crippen molar-refractivity contribution in [1.82, 2.24) is 24.5 Å². The maximum absolute atomic E-state index is 11.7. The lowest BCUT2D eigenvalue weighted by Gasteiger charge is -2.14. The molecule has 0 bridgehead atoms. The zero-order valence-corrected chi connectivity index (χ0v) is 22.1. The fourth-order valence-electron chi connectivity index (χ4n) is 4.55. The van der Waals surface area contributed by atoms with Gasteiger partial charge in [-0.1, -0.05) is 0 Å². The molecule has 5 heterocycles. The van der Waals surface area contributed by atoms with Crippen LogP contribution in [0.3, 0.4) is 0 Å². The minimum atomic E-state index is 0.264. The predicted octanol–water partition coefficient (Wildman–Crippen LogP) is 4.92. The maximum Gasteiger partial charge on any atom is 0.222 e. The van der Waals surface area contributed by atoms with Gasteiger partial charge in [-0.15, -0.1) is 11.3 Å². The second-order valence-corrected chi connectivity index (χ2v) is 10.1. The van der Waals surface area contributed by atoms with Gasteiger partial charge in [0.25, 0.3) is 0 Å². The van der Waals surface area contributed by atoms with E-state index in [0.29, 0.717) is 41.6 Å².